The Kier molecular flexibility index (Phi) is 3.79. The molecular formula is C15H18FNO3. The second-order valence-electron chi connectivity index (χ2n) is 5.29. The third-order valence-electron chi connectivity index (χ3n) is 3.94. The number of aryl methyl sites for hydroxylation is 1. The summed E-state index contributed by atoms with van der Waals surface area (Å²) >= 11 is 0. The number of halogens is 1. The molecule has 4 nitrogen and oxygen atoms in total. The maximum Gasteiger partial charge on any atom is 0.331 e. The second kappa shape index (κ2) is 5.23. The van der Waals surface area contributed by atoms with Crippen molar-refractivity contribution < 1.29 is 18.7 Å². The highest BCUT2D eigenvalue weighted by Crippen LogP contribution is 2.32. The highest BCUT2D eigenvalue weighted by molar-refractivity contribution is 5.99. The van der Waals surface area contributed by atoms with Crippen LogP contribution in [0.1, 0.15) is 35.7 Å². The molecule has 1 saturated heterocycles. The van der Waals surface area contributed by atoms with Crippen LogP contribution in [0.25, 0.3) is 0 Å². The Labute approximate surface area is 117 Å². The summed E-state index contributed by atoms with van der Waals surface area (Å²) < 4.78 is 18.1. The van der Waals surface area contributed by atoms with Crippen molar-refractivity contribution in [3.05, 3.63) is 35.1 Å². The van der Waals surface area contributed by atoms with Crippen LogP contribution in [0.15, 0.2) is 18.2 Å². The monoisotopic (exact) mass is 279 g/mol. The molecule has 0 bridgehead atoms. The highest BCUT2D eigenvalue weighted by atomic mass is 19.1. The molecule has 0 aliphatic carbocycles. The highest BCUT2D eigenvalue weighted by Gasteiger charge is 2.47. The van der Waals surface area contributed by atoms with Gasteiger partial charge in [-0.3, -0.25) is 4.79 Å². The van der Waals surface area contributed by atoms with Crippen molar-refractivity contribution in [3.63, 3.8) is 0 Å². The zero-order chi connectivity index (χ0) is 14.9. The number of ether oxygens (including phenoxy) is 1. The lowest BCUT2D eigenvalue weighted by Gasteiger charge is -2.32. The molecule has 20 heavy (non-hydrogen) atoms. The molecule has 0 unspecified atom stereocenters. The number of likely N-dealkylation sites (tertiary alicyclic amines) is 1. The molecule has 1 aliphatic rings. The number of carbonyl (C=O) groups is 2. The maximum absolute atomic E-state index is 13.3. The number of rotatable bonds is 2. The van der Waals surface area contributed by atoms with Gasteiger partial charge < -0.3 is 9.64 Å². The van der Waals surface area contributed by atoms with E-state index in [0.717, 1.165) is 6.42 Å². The van der Waals surface area contributed by atoms with Crippen LogP contribution in [0.4, 0.5) is 4.39 Å². The van der Waals surface area contributed by atoms with E-state index in [-0.39, 0.29) is 5.91 Å². The Morgan fingerprint density at radius 3 is 2.75 bits per heavy atom. The van der Waals surface area contributed by atoms with Crippen LogP contribution in [0.3, 0.4) is 0 Å². The summed E-state index contributed by atoms with van der Waals surface area (Å²) in [6.45, 7) is 3.91. The van der Waals surface area contributed by atoms with Gasteiger partial charge in [-0.1, -0.05) is 6.07 Å². The zero-order valence-corrected chi connectivity index (χ0v) is 11.9. The molecule has 1 heterocycles. The Morgan fingerprint density at radius 2 is 2.10 bits per heavy atom. The van der Waals surface area contributed by atoms with Crippen molar-refractivity contribution in [2.45, 2.75) is 32.2 Å². The molecule has 1 aromatic rings. The van der Waals surface area contributed by atoms with E-state index in [1.165, 1.54) is 24.1 Å². The van der Waals surface area contributed by atoms with Crippen molar-refractivity contribution in [3.8, 4) is 0 Å². The number of methoxy groups -OCH3 is 1. The third kappa shape index (κ3) is 2.28. The molecule has 0 spiro atoms. The van der Waals surface area contributed by atoms with Crippen molar-refractivity contribution >= 4 is 11.9 Å². The van der Waals surface area contributed by atoms with Gasteiger partial charge in [-0.25, -0.2) is 9.18 Å². The average Bonchev–Trinajstić information content (AvgIpc) is 2.83. The fraction of sp³-hybridized carbons (Fsp3) is 0.467. The lowest BCUT2D eigenvalue weighted by molar-refractivity contribution is -0.151. The van der Waals surface area contributed by atoms with E-state index < -0.39 is 17.3 Å². The van der Waals surface area contributed by atoms with Crippen LogP contribution in [0.2, 0.25) is 0 Å². The topological polar surface area (TPSA) is 46.6 Å². The SMILES string of the molecule is COC(=O)[C@]1(C)CCCN1C(=O)c1cc(F)ccc1C. The maximum atomic E-state index is 13.3. The first-order valence-corrected chi connectivity index (χ1v) is 6.56. The molecule has 0 N–H and O–H groups in total. The number of nitrogens with zero attached hydrogens (tertiary/aromatic N) is 1. The summed E-state index contributed by atoms with van der Waals surface area (Å²) in [7, 11) is 1.31. The summed E-state index contributed by atoms with van der Waals surface area (Å²) in [6, 6.07) is 4.09. The van der Waals surface area contributed by atoms with Crippen molar-refractivity contribution in [2.24, 2.45) is 0 Å². The van der Waals surface area contributed by atoms with E-state index in [4.69, 9.17) is 4.74 Å². The van der Waals surface area contributed by atoms with Gasteiger partial charge in [-0.05, 0) is 44.4 Å². The molecule has 2 rings (SSSR count). The molecule has 1 aliphatic heterocycles. The largest absolute Gasteiger partial charge is 0.467 e. The van der Waals surface area contributed by atoms with E-state index in [2.05, 4.69) is 0 Å². The summed E-state index contributed by atoms with van der Waals surface area (Å²) in [4.78, 5) is 26.0. The van der Waals surface area contributed by atoms with Gasteiger partial charge >= 0.3 is 5.97 Å². The molecular weight excluding hydrogens is 261 g/mol. The van der Waals surface area contributed by atoms with Crippen LogP contribution in [-0.4, -0.2) is 36.0 Å². The average molecular weight is 279 g/mol. The number of hydrogen-bond donors (Lipinski definition) is 0. The van der Waals surface area contributed by atoms with E-state index in [1.807, 2.05) is 0 Å². The van der Waals surface area contributed by atoms with Gasteiger partial charge in [0.25, 0.3) is 5.91 Å². The summed E-state index contributed by atoms with van der Waals surface area (Å²) in [5.74, 6) is -1.22. The Balaban J connectivity index is 2.37. The molecule has 0 aromatic heterocycles. The van der Waals surface area contributed by atoms with Gasteiger partial charge in [0.1, 0.15) is 11.4 Å². The Hall–Kier alpha value is -1.91. The summed E-state index contributed by atoms with van der Waals surface area (Å²) in [5.41, 5.74) is 0.0162. The standard InChI is InChI=1S/C15H18FNO3/c1-10-5-6-11(16)9-12(10)13(18)17-8-4-7-15(17,2)14(19)20-3/h5-6,9H,4,7-8H2,1-3H3/t15-/m0/s1. The normalized spacial score (nSPS) is 21.9. The summed E-state index contributed by atoms with van der Waals surface area (Å²) in [5, 5.41) is 0. The quantitative estimate of drug-likeness (QED) is 0.780. The van der Waals surface area contributed by atoms with Gasteiger partial charge in [0.05, 0.1) is 7.11 Å². The first-order chi connectivity index (χ1) is 9.40. The first kappa shape index (κ1) is 14.5. The van der Waals surface area contributed by atoms with Crippen molar-refractivity contribution in [2.75, 3.05) is 13.7 Å². The number of hydrogen-bond acceptors (Lipinski definition) is 3. The van der Waals surface area contributed by atoms with Crippen LogP contribution in [-0.2, 0) is 9.53 Å². The second-order valence-corrected chi connectivity index (χ2v) is 5.29. The fourth-order valence-corrected chi connectivity index (χ4v) is 2.69. The minimum absolute atomic E-state index is 0.294. The molecule has 0 saturated carbocycles. The summed E-state index contributed by atoms with van der Waals surface area (Å²) in [6.07, 6.45) is 1.28. The lowest BCUT2D eigenvalue weighted by Crippen LogP contribution is -2.51. The number of benzene rings is 1. The minimum Gasteiger partial charge on any atom is -0.467 e. The third-order valence-corrected chi connectivity index (χ3v) is 3.94. The Bertz CT molecular complexity index is 558. The van der Waals surface area contributed by atoms with E-state index in [9.17, 15) is 14.0 Å². The molecule has 0 radical (unpaired) electrons. The Morgan fingerprint density at radius 1 is 1.40 bits per heavy atom. The van der Waals surface area contributed by atoms with Crippen LogP contribution >= 0.6 is 0 Å². The fourth-order valence-electron chi connectivity index (χ4n) is 2.69. The van der Waals surface area contributed by atoms with E-state index in [1.54, 1.807) is 19.9 Å². The molecule has 1 atom stereocenters. The van der Waals surface area contributed by atoms with Gasteiger partial charge in [-0.15, -0.1) is 0 Å². The van der Waals surface area contributed by atoms with E-state index in [0.29, 0.717) is 24.1 Å². The van der Waals surface area contributed by atoms with Crippen LogP contribution in [0.5, 0.6) is 0 Å². The van der Waals surface area contributed by atoms with Crippen LogP contribution < -0.4 is 0 Å². The predicted molar refractivity (Wildman–Crippen MR) is 71.8 cm³/mol. The molecule has 1 amide bonds. The van der Waals surface area contributed by atoms with Gasteiger partial charge in [0.2, 0.25) is 0 Å². The number of carbonyl (C=O) groups excluding carboxylic acids is 2. The smallest absolute Gasteiger partial charge is 0.331 e. The van der Waals surface area contributed by atoms with Gasteiger partial charge in [0.15, 0.2) is 0 Å². The molecule has 1 aromatic carbocycles. The van der Waals surface area contributed by atoms with Crippen LogP contribution in [0, 0.1) is 12.7 Å². The first-order valence-electron chi connectivity index (χ1n) is 6.56. The molecule has 5 heteroatoms. The van der Waals surface area contributed by atoms with Crippen molar-refractivity contribution in [1.29, 1.82) is 0 Å². The molecule has 1 fully saturated rings. The predicted octanol–water partition coefficient (Wildman–Crippen LogP) is 2.30. The van der Waals surface area contributed by atoms with Gasteiger partial charge in [-0.2, -0.15) is 0 Å². The zero-order valence-electron chi connectivity index (χ0n) is 11.9. The molecule has 108 valence electrons. The van der Waals surface area contributed by atoms with E-state index >= 15 is 0 Å². The minimum atomic E-state index is -0.968. The number of esters is 1. The number of amides is 1. The van der Waals surface area contributed by atoms with Crippen molar-refractivity contribution in [1.82, 2.24) is 4.90 Å². The van der Waals surface area contributed by atoms with Gasteiger partial charge in [0, 0.05) is 12.1 Å². The lowest BCUT2D eigenvalue weighted by atomic mass is 9.97.